The summed E-state index contributed by atoms with van der Waals surface area (Å²) in [6.45, 7) is -0.673. The van der Waals surface area contributed by atoms with E-state index in [1.165, 1.54) is 30.3 Å². The third-order valence-electron chi connectivity index (χ3n) is 5.57. The molecule has 3 aromatic carbocycles. The van der Waals surface area contributed by atoms with Gasteiger partial charge in [-0.05, 0) is 42.0 Å². The molecule has 0 aliphatic rings. The Labute approximate surface area is 205 Å². The van der Waals surface area contributed by atoms with Crippen LogP contribution in [0.4, 0.5) is 8.78 Å². The standard InChI is InChI=1S/C27H23F2N3O4/c28-20-11-9-17(10-12-20)26(34)32-24(13-19-15-30-23-8-4-2-6-21(19)23)27(35)36-16-25(33)31-14-18-5-1-3-7-22(18)29/h1-12,15,24,30H,13-14,16H2,(H,31,33)(H,32,34)/t24-/m1/s1. The molecule has 0 fully saturated rings. The zero-order valence-electron chi connectivity index (χ0n) is 19.1. The first-order valence-corrected chi connectivity index (χ1v) is 11.2. The van der Waals surface area contributed by atoms with Gasteiger partial charge in [-0.25, -0.2) is 13.6 Å². The molecule has 7 nitrogen and oxygen atoms in total. The number of nitrogens with one attached hydrogen (secondary N) is 3. The minimum Gasteiger partial charge on any atom is -0.454 e. The van der Waals surface area contributed by atoms with E-state index in [0.717, 1.165) is 28.6 Å². The minimum atomic E-state index is -1.12. The van der Waals surface area contributed by atoms with Crippen molar-refractivity contribution in [1.82, 2.24) is 15.6 Å². The number of esters is 1. The van der Waals surface area contributed by atoms with Crippen LogP contribution >= 0.6 is 0 Å². The average Bonchev–Trinajstić information content (AvgIpc) is 3.29. The maximum absolute atomic E-state index is 13.7. The van der Waals surface area contributed by atoms with E-state index < -0.39 is 42.1 Å². The monoisotopic (exact) mass is 491 g/mol. The topological polar surface area (TPSA) is 100 Å². The summed E-state index contributed by atoms with van der Waals surface area (Å²) >= 11 is 0. The summed E-state index contributed by atoms with van der Waals surface area (Å²) in [7, 11) is 0. The lowest BCUT2D eigenvalue weighted by atomic mass is 10.0. The van der Waals surface area contributed by atoms with Crippen molar-refractivity contribution in [2.24, 2.45) is 0 Å². The van der Waals surface area contributed by atoms with E-state index in [-0.39, 0.29) is 18.5 Å². The maximum atomic E-state index is 13.7. The molecule has 1 heterocycles. The van der Waals surface area contributed by atoms with E-state index in [4.69, 9.17) is 4.74 Å². The van der Waals surface area contributed by atoms with Crippen molar-refractivity contribution in [1.29, 1.82) is 0 Å². The van der Waals surface area contributed by atoms with Gasteiger partial charge in [0.1, 0.15) is 17.7 Å². The molecule has 36 heavy (non-hydrogen) atoms. The number of benzene rings is 3. The fraction of sp³-hybridized carbons (Fsp3) is 0.148. The third kappa shape index (κ3) is 6.12. The van der Waals surface area contributed by atoms with Gasteiger partial charge >= 0.3 is 5.97 Å². The summed E-state index contributed by atoms with van der Waals surface area (Å²) in [6, 6.07) is 17.2. The highest BCUT2D eigenvalue weighted by Gasteiger charge is 2.25. The summed E-state index contributed by atoms with van der Waals surface area (Å²) < 4.78 is 32.1. The smallest absolute Gasteiger partial charge is 0.329 e. The van der Waals surface area contributed by atoms with Gasteiger partial charge in [0.15, 0.2) is 6.61 Å². The van der Waals surface area contributed by atoms with Crippen LogP contribution in [0.2, 0.25) is 0 Å². The van der Waals surface area contributed by atoms with Crippen molar-refractivity contribution in [3.63, 3.8) is 0 Å². The molecule has 0 spiro atoms. The number of halogens is 2. The zero-order valence-corrected chi connectivity index (χ0v) is 19.1. The summed E-state index contributed by atoms with van der Waals surface area (Å²) in [6.07, 6.45) is 1.82. The number of hydrogen-bond acceptors (Lipinski definition) is 4. The van der Waals surface area contributed by atoms with Crippen LogP contribution in [0.25, 0.3) is 10.9 Å². The van der Waals surface area contributed by atoms with Crippen molar-refractivity contribution in [3.05, 3.63) is 107 Å². The summed E-state index contributed by atoms with van der Waals surface area (Å²) in [5, 5.41) is 5.97. The maximum Gasteiger partial charge on any atom is 0.329 e. The van der Waals surface area contributed by atoms with Gasteiger partial charge in [-0.15, -0.1) is 0 Å². The summed E-state index contributed by atoms with van der Waals surface area (Å²) in [4.78, 5) is 40.9. The lowest BCUT2D eigenvalue weighted by Crippen LogP contribution is -2.44. The van der Waals surface area contributed by atoms with Crippen LogP contribution in [0.1, 0.15) is 21.5 Å². The number of carbonyl (C=O) groups is 3. The Kier molecular flexibility index (Phi) is 7.69. The molecule has 4 rings (SSSR count). The fourth-order valence-corrected chi connectivity index (χ4v) is 3.68. The number of aromatic nitrogens is 1. The van der Waals surface area contributed by atoms with Crippen molar-refractivity contribution in [2.45, 2.75) is 19.0 Å². The first kappa shape index (κ1) is 24.6. The first-order chi connectivity index (χ1) is 17.4. The van der Waals surface area contributed by atoms with E-state index in [0.29, 0.717) is 5.56 Å². The molecule has 0 saturated carbocycles. The highest BCUT2D eigenvalue weighted by atomic mass is 19.1. The molecule has 0 bridgehead atoms. The lowest BCUT2D eigenvalue weighted by Gasteiger charge is -2.18. The largest absolute Gasteiger partial charge is 0.454 e. The normalized spacial score (nSPS) is 11.6. The lowest BCUT2D eigenvalue weighted by molar-refractivity contribution is -0.150. The van der Waals surface area contributed by atoms with E-state index in [1.54, 1.807) is 12.3 Å². The summed E-state index contributed by atoms with van der Waals surface area (Å²) in [5.74, 6) is -3.00. The quantitative estimate of drug-likeness (QED) is 0.311. The van der Waals surface area contributed by atoms with E-state index in [2.05, 4.69) is 15.6 Å². The number of hydrogen-bond donors (Lipinski definition) is 3. The number of ether oxygens (including phenoxy) is 1. The highest BCUT2D eigenvalue weighted by Crippen LogP contribution is 2.19. The molecule has 0 unspecified atom stereocenters. The third-order valence-corrected chi connectivity index (χ3v) is 5.57. The SMILES string of the molecule is O=C(COC(=O)[C@@H](Cc1c[nH]c2ccccc12)NC(=O)c1ccc(F)cc1)NCc1ccccc1F. The second kappa shape index (κ2) is 11.3. The van der Waals surface area contributed by atoms with Gasteiger partial charge in [-0.1, -0.05) is 36.4 Å². The molecule has 3 N–H and O–H groups in total. The molecule has 0 aliphatic heterocycles. The van der Waals surface area contributed by atoms with Gasteiger partial charge in [0.2, 0.25) is 0 Å². The Morgan fingerprint density at radius 1 is 0.889 bits per heavy atom. The molecule has 4 aromatic rings. The van der Waals surface area contributed by atoms with E-state index >= 15 is 0 Å². The Bertz CT molecular complexity index is 1390. The van der Waals surface area contributed by atoms with Gasteiger partial charge in [0, 0.05) is 41.2 Å². The molecule has 1 atom stereocenters. The van der Waals surface area contributed by atoms with Crippen LogP contribution in [-0.4, -0.2) is 35.4 Å². The number of fused-ring (bicyclic) bond motifs is 1. The number of H-pyrrole nitrogens is 1. The second-order valence-corrected chi connectivity index (χ2v) is 8.07. The number of amides is 2. The van der Waals surface area contributed by atoms with Crippen LogP contribution in [-0.2, 0) is 27.3 Å². The Hall–Kier alpha value is -4.53. The summed E-state index contributed by atoms with van der Waals surface area (Å²) in [5.41, 5.74) is 2.07. The van der Waals surface area contributed by atoms with Crippen molar-refractivity contribution in [3.8, 4) is 0 Å². The number of para-hydroxylation sites is 1. The Morgan fingerprint density at radius 2 is 1.61 bits per heavy atom. The van der Waals surface area contributed by atoms with Gasteiger partial charge in [-0.3, -0.25) is 9.59 Å². The minimum absolute atomic E-state index is 0.0663. The van der Waals surface area contributed by atoms with Crippen LogP contribution in [0.3, 0.4) is 0 Å². The molecule has 0 radical (unpaired) electrons. The van der Waals surface area contributed by atoms with Crippen LogP contribution in [0.15, 0.2) is 79.0 Å². The van der Waals surface area contributed by atoms with Crippen LogP contribution in [0, 0.1) is 11.6 Å². The average molecular weight is 491 g/mol. The fourth-order valence-electron chi connectivity index (χ4n) is 3.68. The molecule has 1 aromatic heterocycles. The van der Waals surface area contributed by atoms with Crippen LogP contribution < -0.4 is 10.6 Å². The molecule has 2 amide bonds. The Balaban J connectivity index is 1.43. The number of carbonyl (C=O) groups excluding carboxylic acids is 3. The zero-order chi connectivity index (χ0) is 25.5. The van der Waals surface area contributed by atoms with Crippen molar-refractivity contribution >= 4 is 28.7 Å². The molecular weight excluding hydrogens is 468 g/mol. The van der Waals surface area contributed by atoms with E-state index in [1.807, 2.05) is 24.3 Å². The number of rotatable bonds is 9. The first-order valence-electron chi connectivity index (χ1n) is 11.2. The van der Waals surface area contributed by atoms with Crippen LogP contribution in [0.5, 0.6) is 0 Å². The molecular formula is C27H23F2N3O4. The van der Waals surface area contributed by atoms with E-state index in [9.17, 15) is 23.2 Å². The van der Waals surface area contributed by atoms with Crippen molar-refractivity contribution < 1.29 is 27.9 Å². The van der Waals surface area contributed by atoms with Crippen molar-refractivity contribution in [2.75, 3.05) is 6.61 Å². The molecule has 0 aliphatic carbocycles. The highest BCUT2D eigenvalue weighted by molar-refractivity contribution is 5.97. The predicted molar refractivity (Wildman–Crippen MR) is 129 cm³/mol. The Morgan fingerprint density at radius 3 is 2.39 bits per heavy atom. The predicted octanol–water partition coefficient (Wildman–Crippen LogP) is 3.65. The van der Waals surface area contributed by atoms with Gasteiger partial charge in [0.25, 0.3) is 11.8 Å². The molecule has 184 valence electrons. The molecule has 9 heteroatoms. The molecule has 0 saturated heterocycles. The number of aromatic amines is 1. The van der Waals surface area contributed by atoms with Gasteiger partial charge in [-0.2, -0.15) is 0 Å². The van der Waals surface area contributed by atoms with Gasteiger partial charge in [0.05, 0.1) is 0 Å². The second-order valence-electron chi connectivity index (χ2n) is 8.07. The van der Waals surface area contributed by atoms with Gasteiger partial charge < -0.3 is 20.4 Å².